The van der Waals surface area contributed by atoms with Gasteiger partial charge in [0.05, 0.1) is 0 Å². The lowest BCUT2D eigenvalue weighted by molar-refractivity contribution is 0.585. The first-order valence-electron chi connectivity index (χ1n) is 5.26. The maximum absolute atomic E-state index is 4.50. The minimum Gasteiger partial charge on any atom is -0.362 e. The van der Waals surface area contributed by atoms with Crippen LogP contribution in [0.3, 0.4) is 0 Å². The first-order chi connectivity index (χ1) is 7.34. The van der Waals surface area contributed by atoms with Gasteiger partial charge in [-0.15, -0.1) is 0 Å². The molecule has 1 aromatic heterocycles. The van der Waals surface area contributed by atoms with Crippen LogP contribution in [0.5, 0.6) is 0 Å². The van der Waals surface area contributed by atoms with E-state index in [0.29, 0.717) is 6.04 Å². The predicted octanol–water partition coefficient (Wildman–Crippen LogP) is 1.35. The second-order valence-electron chi connectivity index (χ2n) is 3.67. The van der Waals surface area contributed by atoms with Gasteiger partial charge in [0, 0.05) is 37.3 Å². The van der Waals surface area contributed by atoms with Crippen LogP contribution >= 0.6 is 11.8 Å². The molecular formula is C10H16N4S. The smallest absolute Gasteiger partial charge is 0.156 e. The van der Waals surface area contributed by atoms with Crippen LogP contribution in [0.15, 0.2) is 23.5 Å². The fourth-order valence-electron chi connectivity index (χ4n) is 1.44. The van der Waals surface area contributed by atoms with Gasteiger partial charge in [0.1, 0.15) is 0 Å². The van der Waals surface area contributed by atoms with E-state index >= 15 is 0 Å². The minimum absolute atomic E-state index is 0.569. The van der Waals surface area contributed by atoms with E-state index in [0.717, 1.165) is 30.4 Å². The van der Waals surface area contributed by atoms with Gasteiger partial charge >= 0.3 is 0 Å². The Bertz CT molecular complexity index is 320. The number of nitrogens with one attached hydrogen (secondary N) is 1. The Kier molecular flexibility index (Phi) is 3.66. The van der Waals surface area contributed by atoms with E-state index in [1.54, 1.807) is 0 Å². The normalized spacial score (nSPS) is 23.3. The number of aryl methyl sites for hydroxylation is 1. The molecule has 1 aliphatic heterocycles. The topological polar surface area (TPSA) is 42.2 Å². The summed E-state index contributed by atoms with van der Waals surface area (Å²) in [4.78, 5) is 4.50. The maximum atomic E-state index is 4.50. The summed E-state index contributed by atoms with van der Waals surface area (Å²) in [6.45, 7) is 4.01. The average molecular weight is 224 g/mol. The van der Waals surface area contributed by atoms with Crippen molar-refractivity contribution in [1.82, 2.24) is 15.1 Å². The molecule has 0 saturated carbocycles. The summed E-state index contributed by atoms with van der Waals surface area (Å²) < 4.78 is 1.94. The summed E-state index contributed by atoms with van der Waals surface area (Å²) in [6.07, 6.45) is 4.83. The third-order valence-electron chi connectivity index (χ3n) is 2.20. The molecular weight excluding hydrogens is 208 g/mol. The first-order valence-corrected chi connectivity index (χ1v) is 6.24. The Labute approximate surface area is 94.2 Å². The number of aromatic nitrogens is 2. The molecule has 0 spiro atoms. The van der Waals surface area contributed by atoms with E-state index in [4.69, 9.17) is 0 Å². The Morgan fingerprint density at radius 3 is 3.33 bits per heavy atom. The Morgan fingerprint density at radius 1 is 1.73 bits per heavy atom. The fourth-order valence-corrected chi connectivity index (χ4v) is 2.39. The Morgan fingerprint density at radius 2 is 2.67 bits per heavy atom. The molecule has 1 unspecified atom stereocenters. The summed E-state index contributed by atoms with van der Waals surface area (Å²) in [6, 6.07) is 2.52. The van der Waals surface area contributed by atoms with Crippen molar-refractivity contribution in [2.24, 2.45) is 4.99 Å². The molecule has 0 radical (unpaired) electrons. The van der Waals surface area contributed by atoms with Gasteiger partial charge in [0.2, 0.25) is 0 Å². The largest absolute Gasteiger partial charge is 0.362 e. The second kappa shape index (κ2) is 5.21. The third-order valence-corrected chi connectivity index (χ3v) is 3.39. The SMILES string of the molecule is CC1CSC(=NCCCn2cccn2)N1. The molecule has 2 heterocycles. The highest BCUT2D eigenvalue weighted by Crippen LogP contribution is 2.12. The monoisotopic (exact) mass is 224 g/mol. The molecule has 0 aromatic carbocycles. The highest BCUT2D eigenvalue weighted by atomic mass is 32.2. The van der Waals surface area contributed by atoms with E-state index in [9.17, 15) is 0 Å². The van der Waals surface area contributed by atoms with E-state index in [1.165, 1.54) is 0 Å². The van der Waals surface area contributed by atoms with Crippen LogP contribution in [-0.2, 0) is 6.54 Å². The number of hydrogen-bond donors (Lipinski definition) is 1. The van der Waals surface area contributed by atoms with Crippen LogP contribution in [0.4, 0.5) is 0 Å². The molecule has 1 aromatic rings. The van der Waals surface area contributed by atoms with Gasteiger partial charge in [-0.05, 0) is 19.4 Å². The maximum Gasteiger partial charge on any atom is 0.156 e. The van der Waals surface area contributed by atoms with Crippen molar-refractivity contribution in [1.29, 1.82) is 0 Å². The van der Waals surface area contributed by atoms with Crippen molar-refractivity contribution in [3.8, 4) is 0 Å². The summed E-state index contributed by atoms with van der Waals surface area (Å²) in [5, 5.41) is 8.58. The van der Waals surface area contributed by atoms with Gasteiger partial charge in [-0.1, -0.05) is 11.8 Å². The molecule has 1 N–H and O–H groups in total. The third kappa shape index (κ3) is 3.27. The van der Waals surface area contributed by atoms with E-state index < -0.39 is 0 Å². The van der Waals surface area contributed by atoms with Crippen LogP contribution in [0.25, 0.3) is 0 Å². The van der Waals surface area contributed by atoms with E-state index in [1.807, 2.05) is 34.9 Å². The van der Waals surface area contributed by atoms with Crippen LogP contribution in [-0.4, -0.2) is 33.3 Å². The lowest BCUT2D eigenvalue weighted by Gasteiger charge is -2.01. The number of nitrogens with zero attached hydrogens (tertiary/aromatic N) is 3. The average Bonchev–Trinajstić information content (AvgIpc) is 2.84. The zero-order valence-electron chi connectivity index (χ0n) is 8.89. The van der Waals surface area contributed by atoms with Gasteiger partial charge in [0.25, 0.3) is 0 Å². The predicted molar refractivity (Wildman–Crippen MR) is 64.2 cm³/mol. The molecule has 0 amide bonds. The molecule has 4 nitrogen and oxygen atoms in total. The van der Waals surface area contributed by atoms with Crippen LogP contribution < -0.4 is 5.32 Å². The van der Waals surface area contributed by atoms with Crippen LogP contribution in [0.1, 0.15) is 13.3 Å². The number of rotatable bonds is 4. The number of hydrogen-bond acceptors (Lipinski definition) is 3. The number of thioether (sulfide) groups is 1. The molecule has 1 fully saturated rings. The minimum atomic E-state index is 0.569. The fraction of sp³-hybridized carbons (Fsp3) is 0.600. The molecule has 15 heavy (non-hydrogen) atoms. The van der Waals surface area contributed by atoms with Gasteiger partial charge in [-0.3, -0.25) is 9.67 Å². The van der Waals surface area contributed by atoms with E-state index in [2.05, 4.69) is 22.3 Å². The van der Waals surface area contributed by atoms with Gasteiger partial charge in [-0.25, -0.2) is 0 Å². The quantitative estimate of drug-likeness (QED) is 0.785. The second-order valence-corrected chi connectivity index (χ2v) is 4.67. The van der Waals surface area contributed by atoms with Crippen LogP contribution in [0, 0.1) is 0 Å². The van der Waals surface area contributed by atoms with Gasteiger partial charge < -0.3 is 5.32 Å². The number of amidine groups is 1. The molecule has 0 aliphatic carbocycles. The summed E-state index contributed by atoms with van der Waals surface area (Å²) >= 11 is 1.81. The number of aliphatic imine (C=N–C) groups is 1. The Hall–Kier alpha value is -0.970. The summed E-state index contributed by atoms with van der Waals surface area (Å²) in [7, 11) is 0. The molecule has 1 atom stereocenters. The van der Waals surface area contributed by atoms with E-state index in [-0.39, 0.29) is 0 Å². The molecule has 1 aliphatic rings. The van der Waals surface area contributed by atoms with Crippen molar-refractivity contribution in [2.45, 2.75) is 25.9 Å². The Balaban J connectivity index is 1.66. The molecule has 0 bridgehead atoms. The zero-order valence-corrected chi connectivity index (χ0v) is 9.70. The molecule has 82 valence electrons. The first kappa shape index (κ1) is 10.5. The molecule has 2 rings (SSSR count). The van der Waals surface area contributed by atoms with Crippen molar-refractivity contribution in [3.63, 3.8) is 0 Å². The highest BCUT2D eigenvalue weighted by molar-refractivity contribution is 8.14. The van der Waals surface area contributed by atoms with Gasteiger partial charge in [-0.2, -0.15) is 5.10 Å². The standard InChI is InChI=1S/C10H16N4S/c1-9-8-15-10(13-9)11-4-2-6-14-7-3-5-12-14/h3,5,7,9H,2,4,6,8H2,1H3,(H,11,13). The lowest BCUT2D eigenvalue weighted by Crippen LogP contribution is -2.23. The highest BCUT2D eigenvalue weighted by Gasteiger charge is 2.14. The van der Waals surface area contributed by atoms with Gasteiger partial charge in [0.15, 0.2) is 5.17 Å². The van der Waals surface area contributed by atoms with Crippen molar-refractivity contribution in [3.05, 3.63) is 18.5 Å². The summed E-state index contributed by atoms with van der Waals surface area (Å²) in [5.74, 6) is 1.14. The van der Waals surface area contributed by atoms with Crippen molar-refractivity contribution < 1.29 is 0 Å². The lowest BCUT2D eigenvalue weighted by atomic mass is 10.4. The van der Waals surface area contributed by atoms with Crippen LogP contribution in [0.2, 0.25) is 0 Å². The van der Waals surface area contributed by atoms with Crippen molar-refractivity contribution >= 4 is 16.9 Å². The van der Waals surface area contributed by atoms with Crippen molar-refractivity contribution in [2.75, 3.05) is 12.3 Å². The summed E-state index contributed by atoms with van der Waals surface area (Å²) in [5.41, 5.74) is 0. The molecule has 5 heteroatoms. The zero-order chi connectivity index (χ0) is 10.5. The molecule has 1 saturated heterocycles.